The molecule has 1 aromatic carbocycles. The van der Waals surface area contributed by atoms with Crippen LogP contribution in [0, 0.1) is 5.92 Å². The topological polar surface area (TPSA) is 96.0 Å². The van der Waals surface area contributed by atoms with Crippen LogP contribution >= 0.6 is 23.8 Å². The predicted molar refractivity (Wildman–Crippen MR) is 133 cm³/mol. The molecule has 0 radical (unpaired) electrons. The molecule has 2 aromatic rings. The summed E-state index contributed by atoms with van der Waals surface area (Å²) in [6.45, 7) is 8.59. The molecular weight excluding hydrogens is 480 g/mol. The summed E-state index contributed by atoms with van der Waals surface area (Å²) in [4.78, 5) is 28.6. The van der Waals surface area contributed by atoms with E-state index in [1.165, 1.54) is 26.3 Å². The summed E-state index contributed by atoms with van der Waals surface area (Å²) < 4.78 is 22.2. The van der Waals surface area contributed by atoms with E-state index in [2.05, 4.69) is 10.3 Å². The Balaban J connectivity index is 2.08. The lowest BCUT2D eigenvalue weighted by atomic mass is 10.0. The number of hydrogen-bond donors (Lipinski definition) is 1. The standard InChI is InChI=1S/C24H29ClN2O6S/c1-13(2)21(33-18-9-7-17(25)8-10-18)15(4)31-24(29)14(3)27-23(34)20-22(32-16(5)28)19(30-6)11-12-26-20/h7-15,21H,1-6H3,(H,27,34)/t14-,15-,21+/m0/s1. The van der Waals surface area contributed by atoms with Crippen molar-refractivity contribution in [1.82, 2.24) is 10.3 Å². The second-order valence-electron chi connectivity index (χ2n) is 7.90. The minimum atomic E-state index is -0.809. The third-order valence-corrected chi connectivity index (χ3v) is 5.32. The summed E-state index contributed by atoms with van der Waals surface area (Å²) in [7, 11) is 1.43. The van der Waals surface area contributed by atoms with Crippen molar-refractivity contribution in [3.05, 3.63) is 47.2 Å². The molecule has 8 nitrogen and oxygen atoms in total. The van der Waals surface area contributed by atoms with Gasteiger partial charge in [0.25, 0.3) is 0 Å². The van der Waals surface area contributed by atoms with Crippen LogP contribution < -0.4 is 19.5 Å². The number of carbonyl (C=O) groups is 2. The van der Waals surface area contributed by atoms with E-state index in [0.717, 1.165) is 0 Å². The number of esters is 2. The van der Waals surface area contributed by atoms with Gasteiger partial charge in [-0.25, -0.2) is 9.78 Å². The number of halogens is 1. The molecule has 10 heteroatoms. The summed E-state index contributed by atoms with van der Waals surface area (Å²) in [5, 5.41) is 3.49. The maximum absolute atomic E-state index is 12.8. The van der Waals surface area contributed by atoms with Crippen molar-refractivity contribution in [1.29, 1.82) is 0 Å². The highest BCUT2D eigenvalue weighted by Gasteiger charge is 2.29. The number of benzene rings is 1. The number of carbonyl (C=O) groups excluding carboxylic acids is 2. The van der Waals surface area contributed by atoms with Crippen LogP contribution in [0.15, 0.2) is 36.5 Å². The summed E-state index contributed by atoms with van der Waals surface area (Å²) in [5.41, 5.74) is 0.170. The first kappa shape index (κ1) is 27.3. The molecule has 0 fully saturated rings. The monoisotopic (exact) mass is 508 g/mol. The normalized spacial score (nSPS) is 13.4. The zero-order chi connectivity index (χ0) is 25.4. The molecule has 184 valence electrons. The maximum atomic E-state index is 12.8. The average Bonchev–Trinajstić information content (AvgIpc) is 2.77. The van der Waals surface area contributed by atoms with Crippen LogP contribution in [0.4, 0.5) is 0 Å². The highest BCUT2D eigenvalue weighted by atomic mass is 35.5. The molecule has 1 heterocycles. The van der Waals surface area contributed by atoms with E-state index in [9.17, 15) is 9.59 Å². The van der Waals surface area contributed by atoms with E-state index in [4.69, 9.17) is 42.8 Å². The van der Waals surface area contributed by atoms with E-state index in [0.29, 0.717) is 10.8 Å². The van der Waals surface area contributed by atoms with Crippen molar-refractivity contribution in [2.45, 2.75) is 52.9 Å². The highest BCUT2D eigenvalue weighted by molar-refractivity contribution is 7.80. The van der Waals surface area contributed by atoms with Crippen molar-refractivity contribution in [2.75, 3.05) is 7.11 Å². The zero-order valence-corrected chi connectivity index (χ0v) is 21.5. The molecule has 0 unspecified atom stereocenters. The average molecular weight is 509 g/mol. The van der Waals surface area contributed by atoms with Gasteiger partial charge in [0.15, 0.2) is 5.75 Å². The summed E-state index contributed by atoms with van der Waals surface area (Å²) in [6, 6.07) is 7.71. The third-order valence-electron chi connectivity index (χ3n) is 4.76. The maximum Gasteiger partial charge on any atom is 0.328 e. The molecule has 0 aliphatic rings. The van der Waals surface area contributed by atoms with Crippen molar-refractivity contribution in [2.24, 2.45) is 5.92 Å². The highest BCUT2D eigenvalue weighted by Crippen LogP contribution is 2.30. The van der Waals surface area contributed by atoms with Gasteiger partial charge in [-0.15, -0.1) is 0 Å². The Hall–Kier alpha value is -2.91. The molecule has 2 rings (SSSR count). The quantitative estimate of drug-likeness (QED) is 0.371. The lowest BCUT2D eigenvalue weighted by Gasteiger charge is -2.29. The van der Waals surface area contributed by atoms with Crippen molar-refractivity contribution >= 4 is 40.7 Å². The van der Waals surface area contributed by atoms with E-state index in [1.807, 2.05) is 13.8 Å². The van der Waals surface area contributed by atoms with Gasteiger partial charge < -0.3 is 24.3 Å². The van der Waals surface area contributed by atoms with Crippen LogP contribution in [0.25, 0.3) is 0 Å². The number of ether oxygens (including phenoxy) is 4. The minimum absolute atomic E-state index is 0.0649. The van der Waals surface area contributed by atoms with Crippen molar-refractivity contribution in [3.63, 3.8) is 0 Å². The van der Waals surface area contributed by atoms with Crippen LogP contribution in [-0.2, 0) is 14.3 Å². The summed E-state index contributed by atoms with van der Waals surface area (Å²) in [5.74, 6) is -0.0442. The van der Waals surface area contributed by atoms with Gasteiger partial charge in [-0.05, 0) is 44.0 Å². The Labute approximate surface area is 209 Å². The van der Waals surface area contributed by atoms with Gasteiger partial charge in [-0.1, -0.05) is 37.7 Å². The minimum Gasteiger partial charge on any atom is -0.493 e. The molecule has 0 saturated heterocycles. The fourth-order valence-electron chi connectivity index (χ4n) is 3.12. The smallest absolute Gasteiger partial charge is 0.328 e. The van der Waals surface area contributed by atoms with Crippen molar-refractivity contribution in [3.8, 4) is 17.2 Å². The lowest BCUT2D eigenvalue weighted by molar-refractivity contribution is -0.155. The largest absolute Gasteiger partial charge is 0.493 e. The Bertz CT molecular complexity index is 1020. The second kappa shape index (κ2) is 12.5. The fraction of sp³-hybridized carbons (Fsp3) is 0.417. The van der Waals surface area contributed by atoms with Gasteiger partial charge in [-0.2, -0.15) is 0 Å². The fourth-order valence-corrected chi connectivity index (χ4v) is 3.56. The molecule has 0 aliphatic carbocycles. The molecule has 0 aliphatic heterocycles. The molecule has 0 spiro atoms. The van der Waals surface area contributed by atoms with E-state index >= 15 is 0 Å². The van der Waals surface area contributed by atoms with Crippen LogP contribution in [0.5, 0.6) is 17.2 Å². The van der Waals surface area contributed by atoms with Gasteiger partial charge in [0.2, 0.25) is 5.75 Å². The Morgan fingerprint density at radius 2 is 1.74 bits per heavy atom. The summed E-state index contributed by atoms with van der Waals surface area (Å²) in [6.07, 6.45) is 0.522. The molecular formula is C24H29ClN2O6S. The predicted octanol–water partition coefficient (Wildman–Crippen LogP) is 4.36. The van der Waals surface area contributed by atoms with Crippen LogP contribution in [-0.4, -0.2) is 47.3 Å². The number of hydrogen-bond acceptors (Lipinski definition) is 8. The van der Waals surface area contributed by atoms with Crippen molar-refractivity contribution < 1.29 is 28.5 Å². The van der Waals surface area contributed by atoms with E-state index < -0.39 is 24.1 Å². The molecule has 34 heavy (non-hydrogen) atoms. The molecule has 0 amide bonds. The zero-order valence-electron chi connectivity index (χ0n) is 20.0. The number of thiocarbonyl (C=S) groups is 1. The number of nitrogens with one attached hydrogen (secondary N) is 1. The van der Waals surface area contributed by atoms with Gasteiger partial charge >= 0.3 is 11.9 Å². The first-order chi connectivity index (χ1) is 16.0. The summed E-state index contributed by atoms with van der Waals surface area (Å²) >= 11 is 11.3. The van der Waals surface area contributed by atoms with E-state index in [1.54, 1.807) is 38.1 Å². The second-order valence-corrected chi connectivity index (χ2v) is 8.75. The van der Waals surface area contributed by atoms with Crippen LogP contribution in [0.2, 0.25) is 5.02 Å². The molecule has 0 bridgehead atoms. The Morgan fingerprint density at radius 1 is 1.09 bits per heavy atom. The van der Waals surface area contributed by atoms with Gasteiger partial charge in [0, 0.05) is 24.2 Å². The first-order valence-electron chi connectivity index (χ1n) is 10.7. The molecule has 0 saturated carbocycles. The number of aromatic nitrogens is 1. The van der Waals surface area contributed by atoms with Gasteiger partial charge in [0.1, 0.15) is 34.7 Å². The molecule has 3 atom stereocenters. The number of methoxy groups -OCH3 is 1. The lowest BCUT2D eigenvalue weighted by Crippen LogP contribution is -2.44. The SMILES string of the molecule is COc1ccnc(C(=S)N[C@@H](C)C(=O)O[C@@H](C)[C@H](Oc2ccc(Cl)cc2)C(C)C)c1OC(C)=O. The number of pyridine rings is 1. The van der Waals surface area contributed by atoms with Gasteiger partial charge in [0.05, 0.1) is 7.11 Å². The Morgan fingerprint density at radius 3 is 2.29 bits per heavy atom. The molecule has 1 aromatic heterocycles. The van der Waals surface area contributed by atoms with Crippen LogP contribution in [0.3, 0.4) is 0 Å². The first-order valence-corrected chi connectivity index (χ1v) is 11.5. The third kappa shape index (κ3) is 7.56. The number of nitrogens with zero attached hydrogens (tertiary/aromatic N) is 1. The van der Waals surface area contributed by atoms with Gasteiger partial charge in [-0.3, -0.25) is 4.79 Å². The Kier molecular flexibility index (Phi) is 10.1. The molecule has 1 N–H and O–H groups in total. The van der Waals surface area contributed by atoms with E-state index in [-0.39, 0.29) is 34.2 Å². The van der Waals surface area contributed by atoms with Crippen LogP contribution in [0.1, 0.15) is 40.3 Å². The number of rotatable bonds is 10.